The molecule has 1 aliphatic heterocycles. The van der Waals surface area contributed by atoms with Crippen molar-refractivity contribution in [3.63, 3.8) is 0 Å². The molecular weight excluding hydrogens is 136 g/mol. The van der Waals surface area contributed by atoms with Gasteiger partial charge in [0.1, 0.15) is 6.17 Å². The molecule has 1 heterocycles. The van der Waals surface area contributed by atoms with Crippen LogP contribution < -0.4 is 5.48 Å². The number of hydrogen-bond acceptors (Lipinski definition) is 3. The molecule has 0 aromatic rings. The van der Waals surface area contributed by atoms with Crippen molar-refractivity contribution < 1.29 is 4.28 Å². The summed E-state index contributed by atoms with van der Waals surface area (Å²) in [4.78, 5) is 0. The first kappa shape index (κ1) is 7.18. The molecule has 0 bridgehead atoms. The first-order valence-electron chi connectivity index (χ1n) is 3.04. The molecule has 1 N–H and O–H groups in total. The summed E-state index contributed by atoms with van der Waals surface area (Å²) in [6, 6.07) is 0. The molecule has 0 aromatic heterocycles. The van der Waals surface area contributed by atoms with Crippen LogP contribution in [0.1, 0.15) is 19.3 Å². The van der Waals surface area contributed by atoms with Gasteiger partial charge in [0.05, 0.1) is 0 Å². The largest absolute Gasteiger partial charge is 0.222 e. The number of rotatable bonds is 3. The molecule has 0 amide bonds. The number of hydrogen-bond donors (Lipinski definition) is 2. The van der Waals surface area contributed by atoms with Gasteiger partial charge >= 0.3 is 0 Å². The lowest BCUT2D eigenvalue weighted by Gasteiger charge is -2.02. The molecule has 3 nitrogen and oxygen atoms in total. The fourth-order valence-electron chi connectivity index (χ4n) is 0.643. The average molecular weight is 147 g/mol. The van der Waals surface area contributed by atoms with Crippen molar-refractivity contribution >= 4 is 11.8 Å². The second kappa shape index (κ2) is 3.98. The molecule has 0 aliphatic carbocycles. The minimum Gasteiger partial charge on any atom is -0.222 e. The van der Waals surface area contributed by atoms with Gasteiger partial charge in [-0.3, -0.25) is 0 Å². The molecule has 0 spiro atoms. The number of thiol groups is 1. The Morgan fingerprint density at radius 3 is 3.22 bits per heavy atom. The monoisotopic (exact) mass is 147 g/mol. The highest BCUT2D eigenvalue weighted by Gasteiger charge is 2.07. The van der Waals surface area contributed by atoms with Crippen LogP contribution in [-0.4, -0.2) is 6.17 Å². The molecule has 4 heteroatoms. The maximum Gasteiger partial charge on any atom is 0.132 e. The average Bonchev–Trinajstić information content (AvgIpc) is 2.34. The van der Waals surface area contributed by atoms with Crippen molar-refractivity contribution in [3.8, 4) is 0 Å². The third-order valence-electron chi connectivity index (χ3n) is 1.14. The van der Waals surface area contributed by atoms with Crippen molar-refractivity contribution in [2.45, 2.75) is 25.4 Å². The van der Waals surface area contributed by atoms with Gasteiger partial charge in [-0.25, -0.2) is 8.65 Å². The molecule has 1 atom stereocenters. The summed E-state index contributed by atoms with van der Waals surface area (Å²) in [5.41, 5.74) is 2.78. The summed E-state index contributed by atoms with van der Waals surface area (Å²) in [7, 11) is 0. The first-order chi connectivity index (χ1) is 4.43. The van der Waals surface area contributed by atoms with Gasteiger partial charge in [-0.15, -0.1) is 0 Å². The van der Waals surface area contributed by atoms with E-state index in [2.05, 4.69) is 16.8 Å². The highest BCUT2D eigenvalue weighted by Crippen LogP contribution is 2.04. The smallest absolute Gasteiger partial charge is 0.132 e. The molecule has 1 aliphatic rings. The summed E-state index contributed by atoms with van der Waals surface area (Å²) in [5.74, 6) is 0. The van der Waals surface area contributed by atoms with Crippen LogP contribution in [-0.2, 0) is 16.1 Å². The minimum absolute atomic E-state index is 0.216. The zero-order valence-corrected chi connectivity index (χ0v) is 6.10. The van der Waals surface area contributed by atoms with Crippen LogP contribution in [0.3, 0.4) is 0 Å². The summed E-state index contributed by atoms with van der Waals surface area (Å²) in [6.07, 6.45) is 3.34. The lowest BCUT2D eigenvalue weighted by Crippen LogP contribution is -2.19. The van der Waals surface area contributed by atoms with Gasteiger partial charge in [-0.1, -0.05) is 13.3 Å². The predicted octanol–water partition coefficient (Wildman–Crippen LogP) is 0.765. The van der Waals surface area contributed by atoms with Crippen LogP contribution in [0.25, 0.3) is 0 Å². The van der Waals surface area contributed by atoms with E-state index in [0.29, 0.717) is 11.8 Å². The standard InChI is InChI=1S/C5H11N2OS/c1-2-3-4-5-6-8-9-7-5/h5-6,9H,1-4H2. The van der Waals surface area contributed by atoms with E-state index < -0.39 is 0 Å². The molecule has 0 aromatic carbocycles. The third-order valence-corrected chi connectivity index (χ3v) is 1.70. The third kappa shape index (κ3) is 2.43. The van der Waals surface area contributed by atoms with Gasteiger partial charge in [0.25, 0.3) is 0 Å². The van der Waals surface area contributed by atoms with Gasteiger partial charge in [-0.05, 0) is 12.8 Å². The number of nitrogens with zero attached hydrogens (tertiary/aromatic N) is 1. The van der Waals surface area contributed by atoms with Crippen molar-refractivity contribution in [2.75, 3.05) is 0 Å². The molecule has 1 unspecified atom stereocenters. The van der Waals surface area contributed by atoms with Crippen LogP contribution in [0, 0.1) is 6.92 Å². The Kier molecular flexibility index (Phi) is 3.17. The van der Waals surface area contributed by atoms with E-state index in [1.54, 1.807) is 0 Å². The molecule has 1 rings (SSSR count). The quantitative estimate of drug-likeness (QED) is 0.578. The fourth-order valence-corrected chi connectivity index (χ4v) is 1.14. The fraction of sp³-hybridized carbons (Fsp3) is 0.800. The van der Waals surface area contributed by atoms with Crippen molar-refractivity contribution in [1.82, 2.24) is 5.48 Å². The zero-order chi connectivity index (χ0) is 6.53. The van der Waals surface area contributed by atoms with E-state index in [1.807, 2.05) is 0 Å². The Labute approximate surface area is 59.1 Å². The van der Waals surface area contributed by atoms with Gasteiger partial charge in [0, 0.05) is 11.8 Å². The first-order valence-corrected chi connectivity index (χ1v) is 3.81. The van der Waals surface area contributed by atoms with E-state index in [-0.39, 0.29) is 6.17 Å². The Bertz CT molecular complexity index is 107. The zero-order valence-electron chi connectivity index (χ0n) is 5.21. The maximum absolute atomic E-state index is 4.79. The van der Waals surface area contributed by atoms with Crippen LogP contribution in [0.15, 0.2) is 4.36 Å². The Morgan fingerprint density at radius 2 is 2.67 bits per heavy atom. The predicted molar refractivity (Wildman–Crippen MR) is 38.4 cm³/mol. The topological polar surface area (TPSA) is 33.6 Å². The van der Waals surface area contributed by atoms with E-state index >= 15 is 0 Å². The van der Waals surface area contributed by atoms with Gasteiger partial charge in [0.2, 0.25) is 0 Å². The molecule has 53 valence electrons. The maximum atomic E-state index is 4.79. The number of unbranched alkanes of at least 4 members (excludes halogenated alkanes) is 1. The summed E-state index contributed by atoms with van der Waals surface area (Å²) in [5, 5.41) is 0. The van der Waals surface area contributed by atoms with Crippen LogP contribution in [0.5, 0.6) is 0 Å². The number of nitrogens with one attached hydrogen (secondary N) is 1. The molecule has 9 heavy (non-hydrogen) atoms. The number of hydroxylamine groups is 1. The van der Waals surface area contributed by atoms with Crippen molar-refractivity contribution in [2.24, 2.45) is 4.36 Å². The van der Waals surface area contributed by atoms with Crippen LogP contribution >= 0.6 is 0 Å². The van der Waals surface area contributed by atoms with Gasteiger partial charge in [-0.2, -0.15) is 5.48 Å². The highest BCUT2D eigenvalue weighted by molar-refractivity contribution is 7.63. The summed E-state index contributed by atoms with van der Waals surface area (Å²) in [6.45, 7) is 3.73. The van der Waals surface area contributed by atoms with Gasteiger partial charge < -0.3 is 0 Å². The van der Waals surface area contributed by atoms with Crippen LogP contribution in [0.4, 0.5) is 0 Å². The summed E-state index contributed by atoms with van der Waals surface area (Å²) >= 11 is 0.710. The van der Waals surface area contributed by atoms with Crippen molar-refractivity contribution in [1.29, 1.82) is 0 Å². The van der Waals surface area contributed by atoms with E-state index in [1.165, 1.54) is 0 Å². The Morgan fingerprint density at radius 1 is 1.78 bits per heavy atom. The summed E-state index contributed by atoms with van der Waals surface area (Å²) < 4.78 is 8.87. The Balaban J connectivity index is 2.05. The Hall–Kier alpha value is 0.0700. The molecular formula is C5H11N2OS. The van der Waals surface area contributed by atoms with Crippen molar-refractivity contribution in [3.05, 3.63) is 6.92 Å². The molecule has 0 saturated carbocycles. The normalized spacial score (nSPS) is 26.1. The highest BCUT2D eigenvalue weighted by atomic mass is 32.2. The van der Waals surface area contributed by atoms with E-state index in [4.69, 9.17) is 4.28 Å². The molecule has 0 saturated heterocycles. The van der Waals surface area contributed by atoms with Crippen LogP contribution in [0.2, 0.25) is 0 Å². The van der Waals surface area contributed by atoms with E-state index in [9.17, 15) is 0 Å². The minimum atomic E-state index is 0.216. The lowest BCUT2D eigenvalue weighted by molar-refractivity contribution is 0.210. The van der Waals surface area contributed by atoms with E-state index in [0.717, 1.165) is 19.3 Å². The second-order valence-electron chi connectivity index (χ2n) is 1.92. The molecule has 0 fully saturated rings. The SMILES string of the molecule is [CH2]CCCC1N=[SH]ON1. The van der Waals surface area contributed by atoms with Gasteiger partial charge in [0.15, 0.2) is 0 Å². The second-order valence-corrected chi connectivity index (χ2v) is 2.49. The lowest BCUT2D eigenvalue weighted by atomic mass is 10.2. The molecule has 1 radical (unpaired) electrons.